The van der Waals surface area contributed by atoms with Gasteiger partial charge in [0.05, 0.1) is 5.92 Å². The topological polar surface area (TPSA) is 116 Å². The number of ether oxygens (including phenoxy) is 3. The van der Waals surface area contributed by atoms with Crippen LogP contribution in [0.5, 0.6) is 0 Å². The van der Waals surface area contributed by atoms with E-state index in [-0.39, 0.29) is 22.6 Å². The van der Waals surface area contributed by atoms with Crippen molar-refractivity contribution >= 4 is 23.7 Å². The third-order valence-electron chi connectivity index (χ3n) is 5.38. The first-order valence-electron chi connectivity index (χ1n) is 9.85. The lowest BCUT2D eigenvalue weighted by atomic mass is 9.77. The Bertz CT molecular complexity index is 878. The molecule has 1 aliphatic heterocycles. The maximum atomic E-state index is 12.8. The number of carbonyl (C=O) groups excluding carboxylic acids is 4. The Labute approximate surface area is 181 Å². The first kappa shape index (κ1) is 24.3. The molecule has 0 saturated carbocycles. The summed E-state index contributed by atoms with van der Waals surface area (Å²) in [7, 11) is 0. The molecule has 6 atom stereocenters. The third-order valence-corrected chi connectivity index (χ3v) is 5.38. The molecule has 1 fully saturated rings. The largest absolute Gasteiger partial charge is 0.458 e. The van der Waals surface area contributed by atoms with Gasteiger partial charge in [0.1, 0.15) is 6.10 Å². The van der Waals surface area contributed by atoms with Gasteiger partial charge >= 0.3 is 17.9 Å². The van der Waals surface area contributed by atoms with Crippen molar-refractivity contribution in [1.29, 1.82) is 0 Å². The fraction of sp³-hybridized carbons (Fsp3) is 0.478. The molecule has 0 spiro atoms. The molecule has 0 amide bonds. The molecule has 1 N–H and O–H groups in total. The van der Waals surface area contributed by atoms with Crippen molar-refractivity contribution < 1.29 is 38.5 Å². The van der Waals surface area contributed by atoms with E-state index in [0.29, 0.717) is 6.42 Å². The van der Waals surface area contributed by atoms with Crippen molar-refractivity contribution in [3.8, 4) is 0 Å². The molecule has 1 heterocycles. The standard InChI is InChI=1S/C23H28O8/c1-11(2)20(25)30-18-17-14(6)22(27)29-15(17)10-13(5)8-9-16(24)23(7,28)19(18)31-21(26)12(3)4/h8-9,13,15,17-19,28H,1,3,6,10H2,2,4-5,7H3/b9-8+/t13-,15+,17-,18?,19+,23-/m0/s1. The number of ketones is 1. The first-order chi connectivity index (χ1) is 14.3. The lowest BCUT2D eigenvalue weighted by Gasteiger charge is -2.39. The summed E-state index contributed by atoms with van der Waals surface area (Å²) in [6.07, 6.45) is -0.865. The highest BCUT2D eigenvalue weighted by Gasteiger charge is 2.56. The second-order valence-corrected chi connectivity index (χ2v) is 8.34. The van der Waals surface area contributed by atoms with Crippen LogP contribution in [0.15, 0.2) is 48.6 Å². The average Bonchev–Trinajstić information content (AvgIpc) is 2.94. The van der Waals surface area contributed by atoms with Crippen molar-refractivity contribution in [2.75, 3.05) is 0 Å². The molecule has 0 aromatic heterocycles. The highest BCUT2D eigenvalue weighted by Crippen LogP contribution is 2.40. The summed E-state index contributed by atoms with van der Waals surface area (Å²) in [5.41, 5.74) is -2.27. The van der Waals surface area contributed by atoms with Crippen LogP contribution in [0.2, 0.25) is 0 Å². The highest BCUT2D eigenvalue weighted by atomic mass is 16.6. The van der Waals surface area contributed by atoms with Crippen LogP contribution in [0.1, 0.15) is 34.1 Å². The van der Waals surface area contributed by atoms with Crippen molar-refractivity contribution in [1.82, 2.24) is 0 Å². The molecule has 8 heteroatoms. The summed E-state index contributed by atoms with van der Waals surface area (Å²) < 4.78 is 16.4. The van der Waals surface area contributed by atoms with Crippen molar-refractivity contribution in [3.05, 3.63) is 48.6 Å². The molecule has 8 nitrogen and oxygen atoms in total. The lowest BCUT2D eigenvalue weighted by Crippen LogP contribution is -2.58. The van der Waals surface area contributed by atoms with Crippen LogP contribution in [0.25, 0.3) is 0 Å². The SMILES string of the molecule is C=C(C)C(=O)OC1[C@H]2C(=C)C(=O)O[C@@H]2C[C@@H](C)/C=C/C(=O)[C@](C)(O)[C@@H]1OC(=O)C(=C)C. The van der Waals surface area contributed by atoms with E-state index < -0.39 is 53.5 Å². The molecular formula is C23H28O8. The number of carbonyl (C=O) groups is 4. The van der Waals surface area contributed by atoms with Crippen LogP contribution in [-0.4, -0.2) is 52.7 Å². The molecule has 2 aliphatic rings. The summed E-state index contributed by atoms with van der Waals surface area (Å²) >= 11 is 0. The van der Waals surface area contributed by atoms with Crippen molar-refractivity contribution in [2.24, 2.45) is 11.8 Å². The number of fused-ring (bicyclic) bond motifs is 1. The van der Waals surface area contributed by atoms with Crippen LogP contribution >= 0.6 is 0 Å². The minimum absolute atomic E-state index is 0.00334. The molecule has 0 aromatic rings. The molecule has 1 unspecified atom stereocenters. The summed E-state index contributed by atoms with van der Waals surface area (Å²) in [5.74, 6) is -4.39. The Morgan fingerprint density at radius 3 is 2.26 bits per heavy atom. The zero-order chi connectivity index (χ0) is 23.7. The van der Waals surface area contributed by atoms with Gasteiger partial charge in [-0.15, -0.1) is 0 Å². The Morgan fingerprint density at radius 1 is 1.16 bits per heavy atom. The predicted octanol–water partition coefficient (Wildman–Crippen LogP) is 1.98. The van der Waals surface area contributed by atoms with E-state index in [2.05, 4.69) is 19.7 Å². The van der Waals surface area contributed by atoms with E-state index in [4.69, 9.17) is 14.2 Å². The van der Waals surface area contributed by atoms with Gasteiger partial charge in [-0.1, -0.05) is 32.7 Å². The van der Waals surface area contributed by atoms with Gasteiger partial charge in [0.15, 0.2) is 23.6 Å². The number of allylic oxidation sites excluding steroid dienone is 1. The molecule has 2 rings (SSSR count). The monoisotopic (exact) mass is 432 g/mol. The van der Waals surface area contributed by atoms with Gasteiger partial charge in [0.2, 0.25) is 0 Å². The predicted molar refractivity (Wildman–Crippen MR) is 110 cm³/mol. The van der Waals surface area contributed by atoms with E-state index in [1.54, 1.807) is 13.0 Å². The highest BCUT2D eigenvalue weighted by molar-refractivity contribution is 5.98. The molecule has 0 radical (unpaired) electrons. The lowest BCUT2D eigenvalue weighted by molar-refractivity contribution is -0.193. The molecule has 1 aliphatic carbocycles. The van der Waals surface area contributed by atoms with E-state index in [0.717, 1.165) is 6.92 Å². The minimum atomic E-state index is -2.30. The van der Waals surface area contributed by atoms with E-state index in [1.807, 2.05) is 0 Å². The maximum Gasteiger partial charge on any atom is 0.334 e. The van der Waals surface area contributed by atoms with E-state index in [1.165, 1.54) is 19.9 Å². The Balaban J connectivity index is 2.71. The van der Waals surface area contributed by atoms with Gasteiger partial charge < -0.3 is 19.3 Å². The quantitative estimate of drug-likeness (QED) is 0.407. The number of rotatable bonds is 4. The molecule has 1 saturated heterocycles. The van der Waals surface area contributed by atoms with Crippen molar-refractivity contribution in [3.63, 3.8) is 0 Å². The molecule has 168 valence electrons. The van der Waals surface area contributed by atoms with Gasteiger partial charge in [0, 0.05) is 16.7 Å². The molecule has 0 aromatic carbocycles. The zero-order valence-electron chi connectivity index (χ0n) is 18.2. The Morgan fingerprint density at radius 2 is 1.71 bits per heavy atom. The molecule has 0 bridgehead atoms. The van der Waals surface area contributed by atoms with E-state index >= 15 is 0 Å². The number of hydrogen-bond donors (Lipinski definition) is 1. The van der Waals surface area contributed by atoms with Gasteiger partial charge in [-0.25, -0.2) is 14.4 Å². The average molecular weight is 432 g/mol. The fourth-order valence-corrected chi connectivity index (χ4v) is 3.52. The van der Waals surface area contributed by atoms with Crippen LogP contribution in [0.4, 0.5) is 0 Å². The van der Waals surface area contributed by atoms with Crippen LogP contribution in [0, 0.1) is 11.8 Å². The maximum absolute atomic E-state index is 12.8. The summed E-state index contributed by atoms with van der Waals surface area (Å²) in [4.78, 5) is 50.0. The second-order valence-electron chi connectivity index (χ2n) is 8.34. The van der Waals surface area contributed by atoms with Gasteiger partial charge in [-0.2, -0.15) is 0 Å². The number of hydrogen-bond acceptors (Lipinski definition) is 8. The molecule has 31 heavy (non-hydrogen) atoms. The summed E-state index contributed by atoms with van der Waals surface area (Å²) in [6.45, 7) is 16.6. The van der Waals surface area contributed by atoms with Gasteiger partial charge in [0.25, 0.3) is 0 Å². The Hall–Kier alpha value is -3.00. The second kappa shape index (κ2) is 9.01. The number of esters is 3. The van der Waals surface area contributed by atoms with Crippen LogP contribution < -0.4 is 0 Å². The normalized spacial score (nSPS) is 34.2. The summed E-state index contributed by atoms with van der Waals surface area (Å²) in [5, 5.41) is 11.2. The van der Waals surface area contributed by atoms with Gasteiger partial charge in [-0.05, 0) is 39.2 Å². The van der Waals surface area contributed by atoms with Crippen molar-refractivity contribution in [2.45, 2.75) is 58.0 Å². The zero-order valence-corrected chi connectivity index (χ0v) is 18.2. The third kappa shape index (κ3) is 5.02. The first-order valence-corrected chi connectivity index (χ1v) is 9.85. The molecular weight excluding hydrogens is 404 g/mol. The fourth-order valence-electron chi connectivity index (χ4n) is 3.52. The van der Waals surface area contributed by atoms with E-state index in [9.17, 15) is 24.3 Å². The summed E-state index contributed by atoms with van der Waals surface area (Å²) in [6, 6.07) is 0. The smallest absolute Gasteiger partial charge is 0.334 e. The van der Waals surface area contributed by atoms with Crippen LogP contribution in [-0.2, 0) is 33.4 Å². The Kier molecular flexibility index (Phi) is 7.06. The van der Waals surface area contributed by atoms with Crippen LogP contribution in [0.3, 0.4) is 0 Å². The number of aliphatic hydroxyl groups is 1. The minimum Gasteiger partial charge on any atom is -0.458 e. The van der Waals surface area contributed by atoms with Gasteiger partial charge in [-0.3, -0.25) is 4.79 Å².